The summed E-state index contributed by atoms with van der Waals surface area (Å²) in [4.78, 5) is 8.00. The Labute approximate surface area is 168 Å². The van der Waals surface area contributed by atoms with Crippen molar-refractivity contribution in [3.63, 3.8) is 0 Å². The Kier molecular flexibility index (Phi) is 10.6. The number of aryl methyl sites for hydroxylation is 1. The van der Waals surface area contributed by atoms with Crippen molar-refractivity contribution in [2.75, 3.05) is 33.4 Å². The number of nitrogens with one attached hydrogen (secondary N) is 3. The molecule has 0 spiro atoms. The molecule has 0 saturated heterocycles. The number of H-pyrrole nitrogens is 1. The van der Waals surface area contributed by atoms with Gasteiger partial charge < -0.3 is 20.4 Å². The van der Waals surface area contributed by atoms with Gasteiger partial charge in [-0.25, -0.2) is 0 Å². The van der Waals surface area contributed by atoms with E-state index in [0.717, 1.165) is 51.5 Å². The minimum absolute atomic E-state index is 0. The van der Waals surface area contributed by atoms with E-state index in [4.69, 9.17) is 4.74 Å². The van der Waals surface area contributed by atoms with Crippen LogP contribution in [0.1, 0.15) is 31.4 Å². The second kappa shape index (κ2) is 12.1. The van der Waals surface area contributed by atoms with Crippen LogP contribution in [0.4, 0.5) is 0 Å². The van der Waals surface area contributed by atoms with Crippen molar-refractivity contribution < 1.29 is 4.74 Å². The van der Waals surface area contributed by atoms with E-state index < -0.39 is 0 Å². The number of hydrogen-bond donors (Lipinski definition) is 3. The van der Waals surface area contributed by atoms with Gasteiger partial charge in [0.05, 0.1) is 0 Å². The number of aromatic amines is 1. The van der Waals surface area contributed by atoms with Crippen molar-refractivity contribution in [2.45, 2.75) is 33.1 Å². The summed E-state index contributed by atoms with van der Waals surface area (Å²) in [6.45, 7) is 7.52. The minimum Gasteiger partial charge on any atom is -0.385 e. The van der Waals surface area contributed by atoms with E-state index in [0.29, 0.717) is 0 Å². The number of aliphatic imine (C=N–C) groups is 1. The maximum atomic E-state index is 5.06. The van der Waals surface area contributed by atoms with Crippen LogP contribution in [-0.2, 0) is 17.6 Å². The highest BCUT2D eigenvalue weighted by molar-refractivity contribution is 14.0. The monoisotopic (exact) mass is 458 g/mol. The molecular weight excluding hydrogens is 427 g/mol. The van der Waals surface area contributed by atoms with Gasteiger partial charge in [0, 0.05) is 50.5 Å². The van der Waals surface area contributed by atoms with E-state index in [1.807, 2.05) is 0 Å². The third-order valence-corrected chi connectivity index (χ3v) is 4.08. The van der Waals surface area contributed by atoms with E-state index in [1.54, 1.807) is 7.11 Å². The molecule has 0 aliphatic carbocycles. The first-order valence-corrected chi connectivity index (χ1v) is 8.89. The van der Waals surface area contributed by atoms with Gasteiger partial charge in [0.2, 0.25) is 0 Å². The molecule has 2 aromatic rings. The zero-order valence-corrected chi connectivity index (χ0v) is 17.9. The molecule has 0 bridgehead atoms. The number of ether oxygens (including phenoxy) is 1. The van der Waals surface area contributed by atoms with Gasteiger partial charge in [-0.2, -0.15) is 0 Å². The summed E-state index contributed by atoms with van der Waals surface area (Å²) in [5.41, 5.74) is 4.00. The molecule has 1 aromatic heterocycles. The normalized spacial score (nSPS) is 11.4. The first-order valence-electron chi connectivity index (χ1n) is 8.89. The number of guanidine groups is 1. The second-order valence-corrected chi connectivity index (χ2v) is 5.79. The molecule has 0 saturated carbocycles. The summed E-state index contributed by atoms with van der Waals surface area (Å²) >= 11 is 0. The number of rotatable bonds is 9. The molecule has 6 heteroatoms. The predicted octanol–water partition coefficient (Wildman–Crippen LogP) is 3.48. The molecule has 25 heavy (non-hydrogen) atoms. The molecule has 0 radical (unpaired) electrons. The third kappa shape index (κ3) is 6.51. The molecule has 0 fully saturated rings. The van der Waals surface area contributed by atoms with Crippen LogP contribution < -0.4 is 10.6 Å². The Balaban J connectivity index is 0.00000312. The van der Waals surface area contributed by atoms with Gasteiger partial charge in [0.15, 0.2) is 5.96 Å². The largest absolute Gasteiger partial charge is 0.385 e. The van der Waals surface area contributed by atoms with Crippen LogP contribution in [0.2, 0.25) is 0 Å². The van der Waals surface area contributed by atoms with Crippen molar-refractivity contribution >= 4 is 40.8 Å². The van der Waals surface area contributed by atoms with Crippen molar-refractivity contribution in [3.05, 3.63) is 35.5 Å². The summed E-state index contributed by atoms with van der Waals surface area (Å²) in [5.74, 6) is 0.877. The maximum Gasteiger partial charge on any atom is 0.191 e. The number of benzene rings is 1. The molecule has 0 aliphatic rings. The Morgan fingerprint density at radius 2 is 2.04 bits per heavy atom. The van der Waals surface area contributed by atoms with E-state index in [1.165, 1.54) is 22.0 Å². The van der Waals surface area contributed by atoms with Gasteiger partial charge in [-0.3, -0.25) is 4.99 Å². The fourth-order valence-electron chi connectivity index (χ4n) is 2.83. The lowest BCUT2D eigenvalue weighted by Crippen LogP contribution is -2.38. The smallest absolute Gasteiger partial charge is 0.191 e. The first kappa shape index (κ1) is 21.8. The van der Waals surface area contributed by atoms with Crippen LogP contribution in [0.25, 0.3) is 10.9 Å². The molecular formula is C19H31IN4O. The lowest BCUT2D eigenvalue weighted by molar-refractivity contribution is 0.197. The van der Waals surface area contributed by atoms with E-state index >= 15 is 0 Å². The molecule has 2 rings (SSSR count). The molecule has 0 aliphatic heterocycles. The number of halogens is 1. The van der Waals surface area contributed by atoms with Crippen LogP contribution in [0.5, 0.6) is 0 Å². The van der Waals surface area contributed by atoms with Gasteiger partial charge in [0.1, 0.15) is 0 Å². The van der Waals surface area contributed by atoms with Gasteiger partial charge in [-0.15, -0.1) is 24.0 Å². The van der Waals surface area contributed by atoms with E-state index in [2.05, 4.69) is 58.9 Å². The number of para-hydroxylation sites is 1. The number of fused-ring (bicyclic) bond motifs is 1. The van der Waals surface area contributed by atoms with Crippen LogP contribution in [-0.4, -0.2) is 44.3 Å². The quantitative estimate of drug-likeness (QED) is 0.233. The summed E-state index contributed by atoms with van der Waals surface area (Å²) in [7, 11) is 1.72. The number of methoxy groups -OCH3 is 1. The van der Waals surface area contributed by atoms with Crippen molar-refractivity contribution in [2.24, 2.45) is 4.99 Å². The highest BCUT2D eigenvalue weighted by Crippen LogP contribution is 2.22. The molecule has 5 nitrogen and oxygen atoms in total. The zero-order valence-electron chi connectivity index (χ0n) is 15.5. The van der Waals surface area contributed by atoms with Crippen molar-refractivity contribution in [1.82, 2.24) is 15.6 Å². The Hall–Kier alpha value is -1.28. The number of nitrogens with zero attached hydrogens (tertiary/aromatic N) is 1. The number of aromatic nitrogens is 1. The lowest BCUT2D eigenvalue weighted by Gasteiger charge is -2.11. The standard InChI is InChI=1S/C19H30N4O.HI/c1-4-15-8-6-9-17-16(14-23-18(15)17)10-12-22-19(20-5-2)21-11-7-13-24-3;/h6,8-9,14,23H,4-5,7,10-13H2,1-3H3,(H2,20,21,22);1H. The Bertz CT molecular complexity index is 654. The molecule has 0 amide bonds. The van der Waals surface area contributed by atoms with Crippen LogP contribution >= 0.6 is 24.0 Å². The van der Waals surface area contributed by atoms with Gasteiger partial charge >= 0.3 is 0 Å². The molecule has 1 aromatic carbocycles. The Morgan fingerprint density at radius 3 is 2.76 bits per heavy atom. The maximum absolute atomic E-state index is 5.06. The molecule has 0 unspecified atom stereocenters. The topological polar surface area (TPSA) is 61.4 Å². The molecule has 3 N–H and O–H groups in total. The first-order chi connectivity index (χ1) is 11.8. The Morgan fingerprint density at radius 1 is 1.20 bits per heavy atom. The fraction of sp³-hybridized carbons (Fsp3) is 0.526. The van der Waals surface area contributed by atoms with Crippen LogP contribution in [0, 0.1) is 0 Å². The average molecular weight is 458 g/mol. The SMILES string of the molecule is CCNC(=NCCCOC)NCCc1c[nH]c2c(CC)cccc12.I. The predicted molar refractivity (Wildman–Crippen MR) is 117 cm³/mol. The van der Waals surface area contributed by atoms with E-state index in [-0.39, 0.29) is 24.0 Å². The second-order valence-electron chi connectivity index (χ2n) is 5.79. The van der Waals surface area contributed by atoms with E-state index in [9.17, 15) is 0 Å². The van der Waals surface area contributed by atoms with Gasteiger partial charge in [-0.05, 0) is 37.3 Å². The van der Waals surface area contributed by atoms with Crippen LogP contribution in [0.15, 0.2) is 29.4 Å². The van der Waals surface area contributed by atoms with Crippen molar-refractivity contribution in [3.8, 4) is 0 Å². The van der Waals surface area contributed by atoms with Gasteiger partial charge in [0.25, 0.3) is 0 Å². The molecule has 0 atom stereocenters. The highest BCUT2D eigenvalue weighted by atomic mass is 127. The van der Waals surface area contributed by atoms with Crippen molar-refractivity contribution in [1.29, 1.82) is 0 Å². The summed E-state index contributed by atoms with van der Waals surface area (Å²) < 4.78 is 5.06. The molecule has 140 valence electrons. The van der Waals surface area contributed by atoms with Gasteiger partial charge in [-0.1, -0.05) is 25.1 Å². The highest BCUT2D eigenvalue weighted by Gasteiger charge is 2.06. The zero-order chi connectivity index (χ0) is 17.2. The summed E-state index contributed by atoms with van der Waals surface area (Å²) in [6, 6.07) is 6.54. The third-order valence-electron chi connectivity index (χ3n) is 4.08. The lowest BCUT2D eigenvalue weighted by atomic mass is 10.1. The number of hydrogen-bond acceptors (Lipinski definition) is 2. The summed E-state index contributed by atoms with van der Waals surface area (Å²) in [5, 5.41) is 8.03. The van der Waals surface area contributed by atoms with Crippen LogP contribution in [0.3, 0.4) is 0 Å². The fourth-order valence-corrected chi connectivity index (χ4v) is 2.83. The molecule has 1 heterocycles. The summed E-state index contributed by atoms with van der Waals surface area (Å²) in [6.07, 6.45) is 5.09. The minimum atomic E-state index is 0. The average Bonchev–Trinajstić information content (AvgIpc) is 3.02.